The van der Waals surface area contributed by atoms with E-state index < -0.39 is 0 Å². The third-order valence-corrected chi connectivity index (χ3v) is 4.90. The van der Waals surface area contributed by atoms with Crippen LogP contribution in [-0.4, -0.2) is 22.8 Å². The van der Waals surface area contributed by atoms with Crippen molar-refractivity contribution in [2.75, 3.05) is 0 Å². The summed E-state index contributed by atoms with van der Waals surface area (Å²) in [5.41, 5.74) is 2.93. The van der Waals surface area contributed by atoms with Crippen LogP contribution in [0.4, 0.5) is 0 Å². The molecule has 3 rings (SSSR count). The number of carbonyl (C=O) groups excluding carboxylic acids is 2. The number of hydrogen-bond acceptors (Lipinski definition) is 3. The second-order valence-corrected chi connectivity index (χ2v) is 6.85. The summed E-state index contributed by atoms with van der Waals surface area (Å²) in [6.07, 6.45) is 7.13. The van der Waals surface area contributed by atoms with E-state index in [1.165, 1.54) is 12.6 Å². The van der Waals surface area contributed by atoms with E-state index in [4.69, 9.17) is 0 Å². The molecule has 0 spiro atoms. The van der Waals surface area contributed by atoms with Gasteiger partial charge in [-0.05, 0) is 43.0 Å². The SMILES string of the molecule is Cc1ccccc1CNC(=O)c1cc(C(=O)NC2CCCCC2)ccn1. The Morgan fingerprint density at radius 3 is 2.62 bits per heavy atom. The molecule has 5 nitrogen and oxygen atoms in total. The van der Waals surface area contributed by atoms with Crippen LogP contribution in [0.2, 0.25) is 0 Å². The summed E-state index contributed by atoms with van der Waals surface area (Å²) in [6.45, 7) is 2.45. The highest BCUT2D eigenvalue weighted by atomic mass is 16.2. The second kappa shape index (κ2) is 8.61. The molecule has 0 atom stereocenters. The molecule has 1 aliphatic carbocycles. The second-order valence-electron chi connectivity index (χ2n) is 6.85. The summed E-state index contributed by atoms with van der Waals surface area (Å²) in [5.74, 6) is -0.409. The van der Waals surface area contributed by atoms with Gasteiger partial charge in [-0.2, -0.15) is 0 Å². The Morgan fingerprint density at radius 2 is 1.85 bits per heavy atom. The van der Waals surface area contributed by atoms with Crippen molar-refractivity contribution in [1.82, 2.24) is 15.6 Å². The van der Waals surface area contributed by atoms with Crippen LogP contribution < -0.4 is 10.6 Å². The molecule has 0 bridgehead atoms. The van der Waals surface area contributed by atoms with Gasteiger partial charge in [0.2, 0.25) is 0 Å². The lowest BCUT2D eigenvalue weighted by Crippen LogP contribution is -2.36. The highest BCUT2D eigenvalue weighted by molar-refractivity contribution is 5.98. The molecule has 1 aromatic heterocycles. The maximum absolute atomic E-state index is 12.4. The van der Waals surface area contributed by atoms with E-state index >= 15 is 0 Å². The monoisotopic (exact) mass is 351 g/mol. The van der Waals surface area contributed by atoms with Crippen molar-refractivity contribution in [3.8, 4) is 0 Å². The highest BCUT2D eigenvalue weighted by Crippen LogP contribution is 2.18. The average Bonchev–Trinajstić information content (AvgIpc) is 2.68. The Bertz CT molecular complexity index is 782. The number of rotatable bonds is 5. The third kappa shape index (κ3) is 4.69. The van der Waals surface area contributed by atoms with Crippen LogP contribution in [0.5, 0.6) is 0 Å². The first kappa shape index (κ1) is 18.1. The van der Waals surface area contributed by atoms with E-state index in [2.05, 4.69) is 15.6 Å². The van der Waals surface area contributed by atoms with Crippen molar-refractivity contribution in [2.24, 2.45) is 0 Å². The van der Waals surface area contributed by atoms with Crippen molar-refractivity contribution in [3.05, 3.63) is 65.0 Å². The summed E-state index contributed by atoms with van der Waals surface area (Å²) in [6, 6.07) is 11.4. The van der Waals surface area contributed by atoms with Gasteiger partial charge in [-0.1, -0.05) is 43.5 Å². The van der Waals surface area contributed by atoms with E-state index in [-0.39, 0.29) is 23.6 Å². The average molecular weight is 351 g/mol. The van der Waals surface area contributed by atoms with Gasteiger partial charge >= 0.3 is 0 Å². The first-order valence-corrected chi connectivity index (χ1v) is 9.23. The van der Waals surface area contributed by atoms with Crippen molar-refractivity contribution in [3.63, 3.8) is 0 Å². The zero-order valence-corrected chi connectivity index (χ0v) is 15.1. The lowest BCUT2D eigenvalue weighted by molar-refractivity contribution is 0.0927. The van der Waals surface area contributed by atoms with Gasteiger partial charge in [0.25, 0.3) is 11.8 Å². The largest absolute Gasteiger partial charge is 0.349 e. The summed E-state index contributed by atoms with van der Waals surface area (Å²) in [7, 11) is 0. The predicted octanol–water partition coefficient (Wildman–Crippen LogP) is 3.38. The maximum atomic E-state index is 12.4. The smallest absolute Gasteiger partial charge is 0.270 e. The first-order valence-electron chi connectivity index (χ1n) is 9.23. The van der Waals surface area contributed by atoms with E-state index in [1.54, 1.807) is 12.1 Å². The molecular weight excluding hydrogens is 326 g/mol. The molecule has 5 heteroatoms. The zero-order valence-electron chi connectivity index (χ0n) is 15.1. The van der Waals surface area contributed by atoms with Crippen LogP contribution in [0.1, 0.15) is 64.1 Å². The van der Waals surface area contributed by atoms with Crippen molar-refractivity contribution >= 4 is 11.8 Å². The molecule has 1 saturated carbocycles. The number of aryl methyl sites for hydroxylation is 1. The molecule has 136 valence electrons. The number of hydrogen-bond donors (Lipinski definition) is 2. The summed E-state index contributed by atoms with van der Waals surface area (Å²) in [4.78, 5) is 28.9. The molecule has 0 saturated heterocycles. The van der Waals surface area contributed by atoms with Crippen LogP contribution in [0.3, 0.4) is 0 Å². The van der Waals surface area contributed by atoms with Crippen LogP contribution >= 0.6 is 0 Å². The quantitative estimate of drug-likeness (QED) is 0.867. The van der Waals surface area contributed by atoms with Gasteiger partial charge in [0.15, 0.2) is 0 Å². The molecular formula is C21H25N3O2. The normalized spacial score (nSPS) is 14.7. The van der Waals surface area contributed by atoms with Gasteiger partial charge in [-0.15, -0.1) is 0 Å². The minimum Gasteiger partial charge on any atom is -0.349 e. The molecule has 0 aliphatic heterocycles. The third-order valence-electron chi connectivity index (χ3n) is 4.90. The lowest BCUT2D eigenvalue weighted by Gasteiger charge is -2.22. The number of nitrogens with zero attached hydrogens (tertiary/aromatic N) is 1. The van der Waals surface area contributed by atoms with Gasteiger partial charge in [0.1, 0.15) is 5.69 Å². The molecule has 1 fully saturated rings. The van der Waals surface area contributed by atoms with Crippen LogP contribution in [0.15, 0.2) is 42.6 Å². The Balaban J connectivity index is 1.61. The fraction of sp³-hybridized carbons (Fsp3) is 0.381. The molecule has 1 aliphatic rings. The number of amides is 2. The molecule has 1 heterocycles. The topological polar surface area (TPSA) is 71.1 Å². The Kier molecular flexibility index (Phi) is 6.00. The van der Waals surface area contributed by atoms with E-state index in [0.29, 0.717) is 12.1 Å². The van der Waals surface area contributed by atoms with Gasteiger partial charge in [-0.3, -0.25) is 14.6 Å². The van der Waals surface area contributed by atoms with Crippen LogP contribution in [0.25, 0.3) is 0 Å². The number of aromatic nitrogens is 1. The fourth-order valence-electron chi connectivity index (χ4n) is 3.29. The van der Waals surface area contributed by atoms with E-state index in [1.807, 2.05) is 31.2 Å². The molecule has 2 amide bonds. The molecule has 2 N–H and O–H groups in total. The van der Waals surface area contributed by atoms with Crippen molar-refractivity contribution < 1.29 is 9.59 Å². The Morgan fingerprint density at radius 1 is 1.08 bits per heavy atom. The highest BCUT2D eigenvalue weighted by Gasteiger charge is 2.18. The van der Waals surface area contributed by atoms with Gasteiger partial charge in [-0.25, -0.2) is 0 Å². The minimum atomic E-state index is -0.277. The zero-order chi connectivity index (χ0) is 18.4. The summed E-state index contributed by atoms with van der Waals surface area (Å²) < 4.78 is 0. The van der Waals surface area contributed by atoms with Gasteiger partial charge < -0.3 is 10.6 Å². The summed E-state index contributed by atoms with van der Waals surface area (Å²) in [5, 5.41) is 5.94. The molecule has 26 heavy (non-hydrogen) atoms. The fourth-order valence-corrected chi connectivity index (χ4v) is 3.29. The Hall–Kier alpha value is -2.69. The van der Waals surface area contributed by atoms with Crippen LogP contribution in [-0.2, 0) is 6.54 Å². The first-order chi connectivity index (χ1) is 12.6. The van der Waals surface area contributed by atoms with E-state index in [0.717, 1.165) is 36.8 Å². The predicted molar refractivity (Wildman–Crippen MR) is 101 cm³/mol. The lowest BCUT2D eigenvalue weighted by atomic mass is 9.95. The number of carbonyl (C=O) groups is 2. The summed E-state index contributed by atoms with van der Waals surface area (Å²) >= 11 is 0. The molecule has 1 aromatic carbocycles. The molecule has 2 aromatic rings. The number of pyridine rings is 1. The Labute approximate surface area is 154 Å². The van der Waals surface area contributed by atoms with Crippen molar-refractivity contribution in [2.45, 2.75) is 51.6 Å². The van der Waals surface area contributed by atoms with Crippen molar-refractivity contribution in [1.29, 1.82) is 0 Å². The number of nitrogens with one attached hydrogen (secondary N) is 2. The molecule has 0 unspecified atom stereocenters. The molecule has 0 radical (unpaired) electrons. The standard InChI is InChI=1S/C21H25N3O2/c1-15-7-5-6-8-17(15)14-23-21(26)19-13-16(11-12-22-19)20(25)24-18-9-3-2-4-10-18/h5-8,11-13,18H,2-4,9-10,14H2,1H3,(H,23,26)(H,24,25). The van der Waals surface area contributed by atoms with Gasteiger partial charge in [0, 0.05) is 24.3 Å². The van der Waals surface area contributed by atoms with Gasteiger partial charge in [0.05, 0.1) is 0 Å². The van der Waals surface area contributed by atoms with Crippen LogP contribution in [0, 0.1) is 6.92 Å². The number of benzene rings is 1. The minimum absolute atomic E-state index is 0.132. The van der Waals surface area contributed by atoms with E-state index in [9.17, 15) is 9.59 Å². The maximum Gasteiger partial charge on any atom is 0.270 e.